The predicted octanol–water partition coefficient (Wildman–Crippen LogP) is 1.18. The van der Waals surface area contributed by atoms with E-state index in [9.17, 15) is 18.0 Å². The summed E-state index contributed by atoms with van der Waals surface area (Å²) in [6, 6.07) is 8.10. The van der Waals surface area contributed by atoms with Gasteiger partial charge < -0.3 is 9.64 Å². The molecule has 0 unspecified atom stereocenters. The number of hydrogen-bond acceptors (Lipinski definition) is 6. The molecular weight excluding hydrogens is 406 g/mol. The van der Waals surface area contributed by atoms with Gasteiger partial charge in [-0.25, -0.2) is 8.42 Å². The Balaban J connectivity index is 1.51. The number of likely N-dealkylation sites (tertiary alicyclic amines) is 1. The molecule has 2 fully saturated rings. The zero-order chi connectivity index (χ0) is 21.7. The molecule has 0 bridgehead atoms. The Kier molecular flexibility index (Phi) is 7.49. The number of piperidine rings is 1. The third-order valence-corrected chi connectivity index (χ3v) is 7.90. The lowest BCUT2D eigenvalue weighted by Crippen LogP contribution is -2.56. The molecule has 2 saturated heterocycles. The second kappa shape index (κ2) is 9.89. The minimum absolute atomic E-state index is 0.0151. The Labute approximate surface area is 178 Å². The van der Waals surface area contributed by atoms with E-state index in [1.807, 2.05) is 6.92 Å². The summed E-state index contributed by atoms with van der Waals surface area (Å²) >= 11 is 0. The van der Waals surface area contributed by atoms with Crippen LogP contribution in [-0.4, -0.2) is 86.3 Å². The number of nitrogens with zero attached hydrogens (tertiary/aromatic N) is 3. The molecule has 1 amide bonds. The van der Waals surface area contributed by atoms with Crippen LogP contribution in [0.5, 0.6) is 0 Å². The lowest BCUT2D eigenvalue weighted by Gasteiger charge is -2.39. The second-order valence-electron chi connectivity index (χ2n) is 7.78. The van der Waals surface area contributed by atoms with Gasteiger partial charge in [-0.15, -0.1) is 0 Å². The highest BCUT2D eigenvalue weighted by Gasteiger charge is 2.35. The zero-order valence-corrected chi connectivity index (χ0v) is 18.5. The molecule has 1 atom stereocenters. The Bertz CT molecular complexity index is 829. The topological polar surface area (TPSA) is 87.2 Å². The van der Waals surface area contributed by atoms with E-state index in [-0.39, 0.29) is 28.7 Å². The molecule has 2 aliphatic rings. The quantitative estimate of drug-likeness (QED) is 0.621. The van der Waals surface area contributed by atoms with Crippen molar-refractivity contribution < 1.29 is 22.7 Å². The van der Waals surface area contributed by atoms with Gasteiger partial charge in [-0.1, -0.05) is 18.2 Å². The molecule has 0 N–H and O–H groups in total. The number of amides is 1. The van der Waals surface area contributed by atoms with Gasteiger partial charge in [0.25, 0.3) is 0 Å². The molecule has 0 aliphatic carbocycles. The van der Waals surface area contributed by atoms with Crippen LogP contribution in [0.25, 0.3) is 0 Å². The van der Waals surface area contributed by atoms with Crippen LogP contribution >= 0.6 is 0 Å². The molecule has 2 aliphatic heterocycles. The first kappa shape index (κ1) is 22.7. The first-order chi connectivity index (χ1) is 14.3. The van der Waals surface area contributed by atoms with Gasteiger partial charge in [0, 0.05) is 26.2 Å². The summed E-state index contributed by atoms with van der Waals surface area (Å²) in [5, 5.41) is 0. The number of piperazine rings is 1. The van der Waals surface area contributed by atoms with Crippen molar-refractivity contribution in [3.05, 3.63) is 30.3 Å². The Morgan fingerprint density at radius 3 is 2.20 bits per heavy atom. The summed E-state index contributed by atoms with van der Waals surface area (Å²) in [4.78, 5) is 29.0. The van der Waals surface area contributed by atoms with Crippen molar-refractivity contribution in [3.63, 3.8) is 0 Å². The predicted molar refractivity (Wildman–Crippen MR) is 112 cm³/mol. The minimum atomic E-state index is -3.53. The first-order valence-corrected chi connectivity index (χ1v) is 12.0. The average Bonchev–Trinajstić information content (AvgIpc) is 2.79. The number of carbonyl (C=O) groups is 2. The van der Waals surface area contributed by atoms with Crippen LogP contribution < -0.4 is 0 Å². The molecule has 0 saturated carbocycles. The van der Waals surface area contributed by atoms with Gasteiger partial charge in [0.15, 0.2) is 0 Å². The third kappa shape index (κ3) is 5.01. The van der Waals surface area contributed by atoms with Crippen molar-refractivity contribution in [2.24, 2.45) is 5.92 Å². The number of sulfonamides is 1. The summed E-state index contributed by atoms with van der Waals surface area (Å²) < 4.78 is 32.1. The van der Waals surface area contributed by atoms with E-state index >= 15 is 0 Å². The van der Waals surface area contributed by atoms with Crippen molar-refractivity contribution in [1.29, 1.82) is 0 Å². The lowest BCUT2D eigenvalue weighted by atomic mass is 9.96. The molecule has 2 heterocycles. The highest BCUT2D eigenvalue weighted by atomic mass is 32.2. The number of hydrogen-bond donors (Lipinski definition) is 0. The molecule has 1 aromatic carbocycles. The van der Waals surface area contributed by atoms with Crippen LogP contribution in [-0.2, 0) is 24.3 Å². The van der Waals surface area contributed by atoms with E-state index < -0.39 is 10.0 Å². The second-order valence-corrected chi connectivity index (χ2v) is 9.72. The monoisotopic (exact) mass is 437 g/mol. The van der Waals surface area contributed by atoms with Crippen LogP contribution in [0, 0.1) is 5.92 Å². The minimum Gasteiger partial charge on any atom is -0.466 e. The van der Waals surface area contributed by atoms with Crippen molar-refractivity contribution in [2.75, 3.05) is 45.9 Å². The molecule has 30 heavy (non-hydrogen) atoms. The van der Waals surface area contributed by atoms with Crippen LogP contribution in [0.15, 0.2) is 35.2 Å². The van der Waals surface area contributed by atoms with E-state index in [0.717, 1.165) is 0 Å². The summed E-state index contributed by atoms with van der Waals surface area (Å²) in [6.45, 7) is 6.79. The van der Waals surface area contributed by atoms with E-state index in [2.05, 4.69) is 4.90 Å². The van der Waals surface area contributed by atoms with Gasteiger partial charge in [0.2, 0.25) is 15.9 Å². The van der Waals surface area contributed by atoms with Gasteiger partial charge in [-0.05, 0) is 51.9 Å². The van der Waals surface area contributed by atoms with Crippen LogP contribution in [0.2, 0.25) is 0 Å². The Morgan fingerprint density at radius 2 is 1.63 bits per heavy atom. The van der Waals surface area contributed by atoms with Gasteiger partial charge in [0.1, 0.15) is 0 Å². The summed E-state index contributed by atoms with van der Waals surface area (Å²) in [7, 11) is -3.53. The molecule has 0 spiro atoms. The van der Waals surface area contributed by atoms with Crippen molar-refractivity contribution in [2.45, 2.75) is 37.6 Å². The Morgan fingerprint density at radius 1 is 1.03 bits per heavy atom. The van der Waals surface area contributed by atoms with E-state index in [4.69, 9.17) is 4.74 Å². The fourth-order valence-electron chi connectivity index (χ4n) is 4.09. The maximum atomic E-state index is 13.0. The third-order valence-electron chi connectivity index (χ3n) is 5.99. The fraction of sp³-hybridized carbons (Fsp3) is 0.619. The zero-order valence-electron chi connectivity index (χ0n) is 17.7. The number of carbonyl (C=O) groups excluding carboxylic acids is 2. The van der Waals surface area contributed by atoms with Gasteiger partial charge in [-0.3, -0.25) is 14.5 Å². The van der Waals surface area contributed by atoms with Gasteiger partial charge in [0.05, 0.1) is 23.5 Å². The SMILES string of the molecule is CCOC(=O)C1CCN([C@H](C)C(=O)N2CCN(S(=O)(=O)c3ccccc3)CC2)CC1. The smallest absolute Gasteiger partial charge is 0.309 e. The van der Waals surface area contributed by atoms with Gasteiger partial charge >= 0.3 is 5.97 Å². The average molecular weight is 438 g/mol. The molecule has 1 aromatic rings. The van der Waals surface area contributed by atoms with Crippen molar-refractivity contribution >= 4 is 21.9 Å². The maximum absolute atomic E-state index is 13.0. The van der Waals surface area contributed by atoms with E-state index in [0.29, 0.717) is 58.7 Å². The molecule has 3 rings (SSSR count). The van der Waals surface area contributed by atoms with E-state index in [1.165, 1.54) is 4.31 Å². The fourth-order valence-corrected chi connectivity index (χ4v) is 5.54. The van der Waals surface area contributed by atoms with Crippen LogP contribution in [0.4, 0.5) is 0 Å². The molecular formula is C21H31N3O5S. The molecule has 8 nitrogen and oxygen atoms in total. The molecule has 0 radical (unpaired) electrons. The van der Waals surface area contributed by atoms with Crippen LogP contribution in [0.1, 0.15) is 26.7 Å². The Hall–Kier alpha value is -1.97. The lowest BCUT2D eigenvalue weighted by molar-refractivity contribution is -0.150. The molecule has 9 heteroatoms. The summed E-state index contributed by atoms with van der Waals surface area (Å²) in [5.74, 6) is -0.219. The normalized spacial score (nSPS) is 20.7. The number of benzene rings is 1. The van der Waals surface area contributed by atoms with Crippen molar-refractivity contribution in [1.82, 2.24) is 14.1 Å². The standard InChI is InChI=1S/C21H31N3O5S/c1-3-29-21(26)18-9-11-22(12-10-18)17(2)20(25)23-13-15-24(16-14-23)30(27,28)19-7-5-4-6-8-19/h4-8,17-18H,3,9-16H2,1-2H3/t17-/m1/s1. The molecule has 166 valence electrons. The summed E-state index contributed by atoms with van der Waals surface area (Å²) in [6.07, 6.45) is 1.39. The van der Waals surface area contributed by atoms with Crippen LogP contribution in [0.3, 0.4) is 0 Å². The number of esters is 1. The molecule has 0 aromatic heterocycles. The largest absolute Gasteiger partial charge is 0.466 e. The number of rotatable bonds is 6. The number of ether oxygens (including phenoxy) is 1. The van der Waals surface area contributed by atoms with E-state index in [1.54, 1.807) is 42.2 Å². The maximum Gasteiger partial charge on any atom is 0.309 e. The highest BCUT2D eigenvalue weighted by Crippen LogP contribution is 2.22. The van der Waals surface area contributed by atoms with Crippen molar-refractivity contribution in [3.8, 4) is 0 Å². The highest BCUT2D eigenvalue weighted by molar-refractivity contribution is 7.89. The first-order valence-electron chi connectivity index (χ1n) is 10.6. The van der Waals surface area contributed by atoms with Gasteiger partial charge in [-0.2, -0.15) is 4.31 Å². The summed E-state index contributed by atoms with van der Waals surface area (Å²) in [5.41, 5.74) is 0.